The summed E-state index contributed by atoms with van der Waals surface area (Å²) < 4.78 is 10.4. The van der Waals surface area contributed by atoms with Crippen LogP contribution in [0.1, 0.15) is 42.6 Å². The van der Waals surface area contributed by atoms with Gasteiger partial charge in [-0.3, -0.25) is 4.79 Å². The van der Waals surface area contributed by atoms with Crippen LogP contribution in [-0.4, -0.2) is 47.2 Å². The molecule has 0 unspecified atom stereocenters. The van der Waals surface area contributed by atoms with Gasteiger partial charge in [0.15, 0.2) is 0 Å². The van der Waals surface area contributed by atoms with Gasteiger partial charge in [0, 0.05) is 24.5 Å². The highest BCUT2D eigenvalue weighted by Gasteiger charge is 2.27. The van der Waals surface area contributed by atoms with Gasteiger partial charge in [0.25, 0.3) is 5.91 Å². The van der Waals surface area contributed by atoms with E-state index in [4.69, 9.17) is 9.15 Å². The van der Waals surface area contributed by atoms with Crippen LogP contribution in [0, 0.1) is 6.92 Å². The lowest BCUT2D eigenvalue weighted by molar-refractivity contribution is 0.0668. The van der Waals surface area contributed by atoms with Crippen molar-refractivity contribution < 1.29 is 23.8 Å². The van der Waals surface area contributed by atoms with Crippen molar-refractivity contribution in [3.05, 3.63) is 39.7 Å². The summed E-state index contributed by atoms with van der Waals surface area (Å²) in [5, 5.41) is 13.0. The molecule has 1 saturated heterocycles. The molecule has 1 aromatic carbocycles. The van der Waals surface area contributed by atoms with Crippen molar-refractivity contribution in [2.45, 2.75) is 45.8 Å². The van der Waals surface area contributed by atoms with E-state index in [1.807, 2.05) is 0 Å². The topological polar surface area (TPSA) is 109 Å². The molecule has 0 bridgehead atoms. The van der Waals surface area contributed by atoms with E-state index in [9.17, 15) is 19.5 Å². The van der Waals surface area contributed by atoms with E-state index in [2.05, 4.69) is 5.32 Å². The number of aryl methyl sites for hydroxylation is 1. The first-order valence-corrected chi connectivity index (χ1v) is 9.29. The zero-order valence-corrected chi connectivity index (χ0v) is 16.2. The van der Waals surface area contributed by atoms with E-state index < -0.39 is 11.5 Å². The predicted octanol–water partition coefficient (Wildman–Crippen LogP) is 2.55. The van der Waals surface area contributed by atoms with Gasteiger partial charge < -0.3 is 24.5 Å². The molecular formula is C20H24N2O6. The maximum atomic E-state index is 12.7. The van der Waals surface area contributed by atoms with Crippen molar-refractivity contribution >= 4 is 23.0 Å². The molecule has 8 heteroatoms. The summed E-state index contributed by atoms with van der Waals surface area (Å²) in [5.74, 6) is -0.490. The molecule has 0 atom stereocenters. The molecule has 1 aliphatic rings. The highest BCUT2D eigenvalue weighted by Crippen LogP contribution is 2.24. The summed E-state index contributed by atoms with van der Waals surface area (Å²) in [6, 6.07) is 4.22. The first-order chi connectivity index (χ1) is 13.3. The Balaban J connectivity index is 1.71. The quantitative estimate of drug-likeness (QED) is 0.782. The van der Waals surface area contributed by atoms with Gasteiger partial charge in [-0.2, -0.15) is 0 Å². The minimum atomic E-state index is -0.717. The molecule has 2 aromatic rings. The summed E-state index contributed by atoms with van der Waals surface area (Å²) in [7, 11) is 0. The molecule has 0 aliphatic carbocycles. The van der Waals surface area contributed by atoms with Crippen LogP contribution < -0.4 is 10.9 Å². The molecule has 1 aromatic heterocycles. The fourth-order valence-electron chi connectivity index (χ4n) is 3.34. The van der Waals surface area contributed by atoms with Crippen LogP contribution in [0.2, 0.25) is 0 Å². The summed E-state index contributed by atoms with van der Waals surface area (Å²) in [6.45, 7) is 6.17. The maximum absolute atomic E-state index is 12.7. The smallest absolute Gasteiger partial charge is 0.410 e. The van der Waals surface area contributed by atoms with Crippen LogP contribution in [0.3, 0.4) is 0 Å². The molecule has 0 saturated carbocycles. The van der Waals surface area contributed by atoms with E-state index in [1.165, 1.54) is 18.2 Å². The number of fused-ring (bicyclic) bond motifs is 1. The Morgan fingerprint density at radius 2 is 1.96 bits per heavy atom. The number of phenols is 1. The molecule has 1 aliphatic heterocycles. The van der Waals surface area contributed by atoms with Gasteiger partial charge in [0.05, 0.1) is 6.10 Å². The van der Waals surface area contributed by atoms with Gasteiger partial charge in [-0.05, 0) is 57.4 Å². The number of piperidine rings is 1. The number of ether oxygens (including phenoxy) is 1. The molecule has 2 amide bonds. The summed E-state index contributed by atoms with van der Waals surface area (Å²) in [6.07, 6.45) is 0.597. The number of carbonyl (C=O) groups is 2. The lowest BCUT2D eigenvalue weighted by Gasteiger charge is -2.32. The average molecular weight is 388 g/mol. The Morgan fingerprint density at radius 1 is 1.29 bits per heavy atom. The highest BCUT2D eigenvalue weighted by atomic mass is 16.6. The normalized spacial score (nSPS) is 15.1. The first-order valence-electron chi connectivity index (χ1n) is 9.29. The number of nitrogens with one attached hydrogen (secondary N) is 1. The number of phenolic OH excluding ortho intramolecular Hbond substituents is 1. The monoisotopic (exact) mass is 388 g/mol. The molecule has 1 fully saturated rings. The number of hydrogen-bond acceptors (Lipinski definition) is 6. The second-order valence-corrected chi connectivity index (χ2v) is 7.24. The van der Waals surface area contributed by atoms with Crippen molar-refractivity contribution in [2.24, 2.45) is 0 Å². The van der Waals surface area contributed by atoms with Crippen LogP contribution in [0.5, 0.6) is 5.75 Å². The molecule has 2 heterocycles. The van der Waals surface area contributed by atoms with E-state index in [0.29, 0.717) is 42.5 Å². The Kier molecular flexibility index (Phi) is 5.58. The fraction of sp³-hybridized carbons (Fsp3) is 0.450. The number of nitrogens with zero attached hydrogens (tertiary/aromatic N) is 1. The summed E-state index contributed by atoms with van der Waals surface area (Å²) in [4.78, 5) is 38.6. The van der Waals surface area contributed by atoms with Gasteiger partial charge in [-0.25, -0.2) is 9.59 Å². The van der Waals surface area contributed by atoms with Crippen LogP contribution in [0.15, 0.2) is 27.4 Å². The Morgan fingerprint density at radius 3 is 2.61 bits per heavy atom. The SMILES string of the molecule is Cc1c(C(=O)NC2CCN(C(=O)OC(C)C)CC2)c(=O)oc2ccc(O)cc12. The Labute approximate surface area is 162 Å². The van der Waals surface area contributed by atoms with Crippen LogP contribution in [0.4, 0.5) is 4.79 Å². The minimum absolute atomic E-state index is 0.0245. The fourth-order valence-corrected chi connectivity index (χ4v) is 3.34. The van der Waals surface area contributed by atoms with Crippen molar-refractivity contribution in [1.29, 1.82) is 0 Å². The maximum Gasteiger partial charge on any atom is 0.410 e. The Hall–Kier alpha value is -3.03. The molecule has 3 rings (SSSR count). The van der Waals surface area contributed by atoms with Crippen LogP contribution in [0.25, 0.3) is 11.0 Å². The zero-order chi connectivity index (χ0) is 20.4. The molecule has 0 spiro atoms. The van der Waals surface area contributed by atoms with E-state index in [-0.39, 0.29) is 29.6 Å². The third-order valence-electron chi connectivity index (χ3n) is 4.80. The van der Waals surface area contributed by atoms with Crippen LogP contribution in [-0.2, 0) is 4.74 Å². The second-order valence-electron chi connectivity index (χ2n) is 7.24. The van der Waals surface area contributed by atoms with Gasteiger partial charge in [-0.15, -0.1) is 0 Å². The van der Waals surface area contributed by atoms with Gasteiger partial charge in [0.1, 0.15) is 16.9 Å². The summed E-state index contributed by atoms with van der Waals surface area (Å²) >= 11 is 0. The largest absolute Gasteiger partial charge is 0.508 e. The third kappa shape index (κ3) is 4.11. The van der Waals surface area contributed by atoms with Crippen molar-refractivity contribution in [2.75, 3.05) is 13.1 Å². The van der Waals surface area contributed by atoms with Gasteiger partial charge in [0.2, 0.25) is 0 Å². The predicted molar refractivity (Wildman–Crippen MR) is 103 cm³/mol. The lowest BCUT2D eigenvalue weighted by atomic mass is 10.0. The third-order valence-corrected chi connectivity index (χ3v) is 4.80. The van der Waals surface area contributed by atoms with Gasteiger partial charge >= 0.3 is 11.7 Å². The van der Waals surface area contributed by atoms with Crippen molar-refractivity contribution in [1.82, 2.24) is 10.2 Å². The summed E-state index contributed by atoms with van der Waals surface area (Å²) in [5.41, 5.74) is -0.0164. The molecule has 8 nitrogen and oxygen atoms in total. The molecule has 28 heavy (non-hydrogen) atoms. The highest BCUT2D eigenvalue weighted by molar-refractivity contribution is 5.99. The number of carbonyl (C=O) groups excluding carboxylic acids is 2. The number of aromatic hydroxyl groups is 1. The van der Waals surface area contributed by atoms with E-state index in [1.54, 1.807) is 25.7 Å². The Bertz CT molecular complexity index is 957. The second kappa shape index (κ2) is 7.92. The lowest BCUT2D eigenvalue weighted by Crippen LogP contribution is -2.47. The number of benzene rings is 1. The average Bonchev–Trinajstić information content (AvgIpc) is 2.62. The number of likely N-dealkylation sites (tertiary alicyclic amines) is 1. The first kappa shape index (κ1) is 19.7. The number of amides is 2. The number of rotatable bonds is 3. The molecular weight excluding hydrogens is 364 g/mol. The zero-order valence-electron chi connectivity index (χ0n) is 16.2. The molecule has 2 N–H and O–H groups in total. The van der Waals surface area contributed by atoms with Crippen molar-refractivity contribution in [3.63, 3.8) is 0 Å². The van der Waals surface area contributed by atoms with E-state index in [0.717, 1.165) is 0 Å². The van der Waals surface area contributed by atoms with Gasteiger partial charge in [-0.1, -0.05) is 0 Å². The number of hydrogen-bond donors (Lipinski definition) is 2. The van der Waals surface area contributed by atoms with Crippen LogP contribution >= 0.6 is 0 Å². The standard InChI is InChI=1S/C20H24N2O6/c1-11(2)27-20(26)22-8-6-13(7-9-22)21-18(24)17-12(3)15-10-14(23)4-5-16(15)28-19(17)25/h4-5,10-11,13,23H,6-9H2,1-3H3,(H,21,24). The molecule has 0 radical (unpaired) electrons. The van der Waals surface area contributed by atoms with E-state index >= 15 is 0 Å². The minimum Gasteiger partial charge on any atom is -0.508 e. The molecule has 150 valence electrons. The van der Waals surface area contributed by atoms with Crippen molar-refractivity contribution in [3.8, 4) is 5.75 Å².